The summed E-state index contributed by atoms with van der Waals surface area (Å²) in [5.74, 6) is 0.908. The number of allylic oxidation sites excluding steroid dienone is 1. The van der Waals surface area contributed by atoms with Gasteiger partial charge in [0.15, 0.2) is 0 Å². The zero-order valence-electron chi connectivity index (χ0n) is 13.2. The van der Waals surface area contributed by atoms with E-state index in [-0.39, 0.29) is 5.91 Å². The minimum atomic E-state index is 0.0866. The van der Waals surface area contributed by atoms with E-state index in [0.717, 1.165) is 30.0 Å². The molecule has 0 spiro atoms. The predicted octanol–water partition coefficient (Wildman–Crippen LogP) is 2.31. The highest BCUT2D eigenvalue weighted by molar-refractivity contribution is 5.95. The minimum Gasteiger partial charge on any atom is -0.497 e. The Morgan fingerprint density at radius 3 is 2.33 bits per heavy atom. The highest BCUT2D eigenvalue weighted by atomic mass is 16.5. The van der Waals surface area contributed by atoms with E-state index in [1.165, 1.54) is 0 Å². The predicted molar refractivity (Wildman–Crippen MR) is 85.3 cm³/mol. The van der Waals surface area contributed by atoms with E-state index < -0.39 is 0 Å². The maximum atomic E-state index is 12.4. The summed E-state index contributed by atoms with van der Waals surface area (Å²) in [6.45, 7) is 7.70. The van der Waals surface area contributed by atoms with Crippen LogP contribution in [0.5, 0.6) is 5.75 Å². The fraction of sp³-hybridized carbons (Fsp3) is 0.471. The van der Waals surface area contributed by atoms with Crippen molar-refractivity contribution >= 4 is 11.5 Å². The largest absolute Gasteiger partial charge is 0.497 e. The molecule has 1 saturated heterocycles. The van der Waals surface area contributed by atoms with Gasteiger partial charge in [-0.15, -0.1) is 0 Å². The molecule has 114 valence electrons. The van der Waals surface area contributed by atoms with Gasteiger partial charge in [-0.25, -0.2) is 0 Å². The van der Waals surface area contributed by atoms with Crippen molar-refractivity contribution in [3.63, 3.8) is 0 Å². The van der Waals surface area contributed by atoms with Gasteiger partial charge in [0, 0.05) is 31.2 Å². The van der Waals surface area contributed by atoms with E-state index in [1.54, 1.807) is 13.2 Å². The van der Waals surface area contributed by atoms with Crippen LogP contribution >= 0.6 is 0 Å². The van der Waals surface area contributed by atoms with E-state index in [9.17, 15) is 4.79 Å². The van der Waals surface area contributed by atoms with Crippen molar-refractivity contribution in [2.24, 2.45) is 0 Å². The topological polar surface area (TPSA) is 41.6 Å². The van der Waals surface area contributed by atoms with E-state index >= 15 is 0 Å². The summed E-state index contributed by atoms with van der Waals surface area (Å²) >= 11 is 0. The van der Waals surface area contributed by atoms with Crippen molar-refractivity contribution in [2.45, 2.75) is 32.9 Å². The molecule has 1 aliphatic heterocycles. The Morgan fingerprint density at radius 1 is 1.24 bits per heavy atom. The molecule has 4 heteroatoms. The Kier molecular flexibility index (Phi) is 5.02. The van der Waals surface area contributed by atoms with Crippen LogP contribution in [0.4, 0.5) is 0 Å². The van der Waals surface area contributed by atoms with Crippen LogP contribution in [0.3, 0.4) is 0 Å². The first-order valence-corrected chi connectivity index (χ1v) is 7.37. The summed E-state index contributed by atoms with van der Waals surface area (Å²) in [7, 11) is 1.65. The van der Waals surface area contributed by atoms with Gasteiger partial charge in [-0.05, 0) is 44.0 Å². The van der Waals surface area contributed by atoms with E-state index in [1.807, 2.05) is 36.1 Å². The van der Waals surface area contributed by atoms with Gasteiger partial charge in [0.2, 0.25) is 5.91 Å². The molecule has 1 aliphatic rings. The van der Waals surface area contributed by atoms with Crippen molar-refractivity contribution in [3.05, 3.63) is 35.9 Å². The summed E-state index contributed by atoms with van der Waals surface area (Å²) in [5, 5.41) is 3.43. The molecule has 21 heavy (non-hydrogen) atoms. The Labute approximate surface area is 126 Å². The SMILES string of the molecule is COc1ccc(/C(C)=C/C(=O)N2CC(C)NC(C)C2)cc1. The Hall–Kier alpha value is -1.81. The molecule has 1 heterocycles. The maximum Gasteiger partial charge on any atom is 0.246 e. The van der Waals surface area contributed by atoms with Gasteiger partial charge in [0.1, 0.15) is 5.75 Å². The molecule has 0 saturated carbocycles. The number of nitrogens with one attached hydrogen (secondary N) is 1. The average molecular weight is 288 g/mol. The van der Waals surface area contributed by atoms with Crippen LogP contribution in [0, 0.1) is 0 Å². The molecular formula is C17H24N2O2. The number of nitrogens with zero attached hydrogens (tertiary/aromatic N) is 1. The van der Waals surface area contributed by atoms with Crippen molar-refractivity contribution in [2.75, 3.05) is 20.2 Å². The second-order valence-corrected chi connectivity index (χ2v) is 5.77. The Bertz CT molecular complexity index is 512. The minimum absolute atomic E-state index is 0.0866. The molecule has 1 fully saturated rings. The van der Waals surface area contributed by atoms with Crippen LogP contribution in [0.15, 0.2) is 30.3 Å². The fourth-order valence-electron chi connectivity index (χ4n) is 2.72. The van der Waals surface area contributed by atoms with E-state index in [4.69, 9.17) is 4.74 Å². The molecule has 1 aromatic carbocycles. The number of ether oxygens (including phenoxy) is 1. The highest BCUT2D eigenvalue weighted by Gasteiger charge is 2.23. The van der Waals surface area contributed by atoms with Crippen molar-refractivity contribution in [1.82, 2.24) is 10.2 Å². The Balaban J connectivity index is 2.08. The van der Waals surface area contributed by atoms with E-state index in [2.05, 4.69) is 19.2 Å². The van der Waals surface area contributed by atoms with Gasteiger partial charge >= 0.3 is 0 Å². The van der Waals surface area contributed by atoms with Gasteiger partial charge in [-0.2, -0.15) is 0 Å². The highest BCUT2D eigenvalue weighted by Crippen LogP contribution is 2.18. The first-order valence-electron chi connectivity index (χ1n) is 7.37. The molecule has 0 bridgehead atoms. The van der Waals surface area contributed by atoms with Crippen LogP contribution in [-0.4, -0.2) is 43.1 Å². The van der Waals surface area contributed by atoms with Crippen molar-refractivity contribution < 1.29 is 9.53 Å². The first-order chi connectivity index (χ1) is 9.99. The van der Waals surface area contributed by atoms with E-state index in [0.29, 0.717) is 12.1 Å². The standard InChI is InChI=1S/C17H24N2O2/c1-12(15-5-7-16(21-4)8-6-15)9-17(20)19-10-13(2)18-14(3)11-19/h5-9,13-14,18H,10-11H2,1-4H3/b12-9+. The molecule has 1 N–H and O–H groups in total. The number of amides is 1. The monoisotopic (exact) mass is 288 g/mol. The number of carbonyl (C=O) groups excluding carboxylic acids is 1. The summed E-state index contributed by atoms with van der Waals surface area (Å²) in [5.41, 5.74) is 2.02. The lowest BCUT2D eigenvalue weighted by molar-refractivity contribution is -0.127. The zero-order chi connectivity index (χ0) is 15.4. The molecule has 2 rings (SSSR count). The number of hydrogen-bond acceptors (Lipinski definition) is 3. The summed E-state index contributed by atoms with van der Waals surface area (Å²) in [6, 6.07) is 8.44. The Morgan fingerprint density at radius 2 is 1.81 bits per heavy atom. The molecular weight excluding hydrogens is 264 g/mol. The van der Waals surface area contributed by atoms with Gasteiger partial charge in [-0.1, -0.05) is 12.1 Å². The number of piperazine rings is 1. The summed E-state index contributed by atoms with van der Waals surface area (Å²) < 4.78 is 5.15. The summed E-state index contributed by atoms with van der Waals surface area (Å²) in [6.07, 6.45) is 1.73. The van der Waals surface area contributed by atoms with Crippen molar-refractivity contribution in [1.29, 1.82) is 0 Å². The quantitative estimate of drug-likeness (QED) is 0.868. The molecule has 0 aromatic heterocycles. The van der Waals surface area contributed by atoms with Crippen molar-refractivity contribution in [3.8, 4) is 5.75 Å². The maximum absolute atomic E-state index is 12.4. The lowest BCUT2D eigenvalue weighted by atomic mass is 10.1. The second-order valence-electron chi connectivity index (χ2n) is 5.77. The molecule has 0 aliphatic carbocycles. The van der Waals surface area contributed by atoms with Crippen LogP contribution in [0.2, 0.25) is 0 Å². The zero-order valence-corrected chi connectivity index (χ0v) is 13.2. The smallest absolute Gasteiger partial charge is 0.246 e. The number of carbonyl (C=O) groups is 1. The third kappa shape index (κ3) is 4.08. The van der Waals surface area contributed by atoms with Gasteiger partial charge in [0.25, 0.3) is 0 Å². The van der Waals surface area contributed by atoms with Gasteiger partial charge < -0.3 is 15.0 Å². The third-order valence-corrected chi connectivity index (χ3v) is 3.75. The molecule has 2 unspecified atom stereocenters. The number of methoxy groups -OCH3 is 1. The van der Waals surface area contributed by atoms with Crippen LogP contribution in [-0.2, 0) is 4.79 Å². The third-order valence-electron chi connectivity index (χ3n) is 3.75. The summed E-state index contributed by atoms with van der Waals surface area (Å²) in [4.78, 5) is 14.3. The first kappa shape index (κ1) is 15.6. The normalized spacial score (nSPS) is 23.0. The average Bonchev–Trinajstić information content (AvgIpc) is 2.46. The van der Waals surface area contributed by atoms with Crippen LogP contribution in [0.25, 0.3) is 5.57 Å². The lowest BCUT2D eigenvalue weighted by Crippen LogP contribution is -2.55. The number of benzene rings is 1. The molecule has 0 radical (unpaired) electrons. The molecule has 1 amide bonds. The van der Waals surface area contributed by atoms with Gasteiger partial charge in [0.05, 0.1) is 7.11 Å². The van der Waals surface area contributed by atoms with Crippen LogP contribution in [0.1, 0.15) is 26.3 Å². The van der Waals surface area contributed by atoms with Crippen LogP contribution < -0.4 is 10.1 Å². The van der Waals surface area contributed by atoms with Gasteiger partial charge in [-0.3, -0.25) is 4.79 Å². The number of rotatable bonds is 3. The molecule has 2 atom stereocenters. The number of hydrogen-bond donors (Lipinski definition) is 1. The molecule has 1 aromatic rings. The molecule has 4 nitrogen and oxygen atoms in total. The second kappa shape index (κ2) is 6.76. The fourth-order valence-corrected chi connectivity index (χ4v) is 2.72. The lowest BCUT2D eigenvalue weighted by Gasteiger charge is -2.35.